The number of nitrogens with one attached hydrogen (secondary N) is 2. The molecule has 6 nitrogen and oxygen atoms in total. The van der Waals surface area contributed by atoms with Crippen molar-refractivity contribution in [2.75, 3.05) is 39.4 Å². The van der Waals surface area contributed by atoms with Gasteiger partial charge in [0.25, 0.3) is 5.91 Å². The number of hydrogen-bond donors (Lipinski definition) is 2. The largest absolute Gasteiger partial charge is 0.379 e. The molecule has 1 saturated heterocycles. The number of morpholine rings is 1. The van der Waals surface area contributed by atoms with E-state index < -0.39 is 0 Å². The summed E-state index contributed by atoms with van der Waals surface area (Å²) in [7, 11) is 0. The monoisotopic (exact) mass is 435 g/mol. The maximum atomic E-state index is 12.5. The summed E-state index contributed by atoms with van der Waals surface area (Å²) in [6.45, 7) is 3.98. The number of hydrogen-bond acceptors (Lipinski definition) is 4. The van der Waals surface area contributed by atoms with Gasteiger partial charge in [0.2, 0.25) is 5.91 Å². The predicted octanol–water partition coefficient (Wildman–Crippen LogP) is 3.23. The van der Waals surface area contributed by atoms with Crippen LogP contribution < -0.4 is 10.6 Å². The Morgan fingerprint density at radius 2 is 1.50 bits per heavy atom. The Labute approximate surface area is 190 Å². The Balaban J connectivity index is 1.28. The third-order valence-corrected chi connectivity index (χ3v) is 6.74. The minimum Gasteiger partial charge on any atom is -0.379 e. The number of rotatable bonds is 7. The summed E-state index contributed by atoms with van der Waals surface area (Å²) in [5.41, 5.74) is 2.74. The second-order valence-electron chi connectivity index (χ2n) is 8.79. The molecule has 2 aromatic carbocycles. The fraction of sp³-hybridized carbons (Fsp3) is 0.462. The van der Waals surface area contributed by atoms with Crippen molar-refractivity contribution in [1.29, 1.82) is 0 Å². The average molecular weight is 436 g/mol. The summed E-state index contributed by atoms with van der Waals surface area (Å²) in [5.74, 6) is -0.377. The van der Waals surface area contributed by atoms with Crippen LogP contribution in [0, 0.1) is 0 Å². The molecule has 2 aromatic rings. The van der Waals surface area contributed by atoms with Gasteiger partial charge in [-0.25, -0.2) is 0 Å². The van der Waals surface area contributed by atoms with Crippen molar-refractivity contribution >= 4 is 11.8 Å². The van der Waals surface area contributed by atoms with Gasteiger partial charge in [0, 0.05) is 30.7 Å². The van der Waals surface area contributed by atoms with Crippen LogP contribution >= 0.6 is 0 Å². The average Bonchev–Trinajstić information content (AvgIpc) is 2.88. The zero-order valence-electron chi connectivity index (χ0n) is 18.6. The van der Waals surface area contributed by atoms with Crippen molar-refractivity contribution in [2.45, 2.75) is 37.6 Å². The summed E-state index contributed by atoms with van der Waals surface area (Å²) in [4.78, 5) is 27.5. The Hall–Kier alpha value is -2.70. The maximum absolute atomic E-state index is 12.5. The van der Waals surface area contributed by atoms with Crippen molar-refractivity contribution in [1.82, 2.24) is 15.5 Å². The third-order valence-electron chi connectivity index (χ3n) is 6.74. The molecule has 2 fully saturated rings. The maximum Gasteiger partial charge on any atom is 0.251 e. The van der Waals surface area contributed by atoms with Crippen molar-refractivity contribution in [3.8, 4) is 11.1 Å². The third kappa shape index (κ3) is 5.56. The quantitative estimate of drug-likeness (QED) is 0.701. The molecule has 2 amide bonds. The number of carbonyl (C=O) groups is 2. The van der Waals surface area contributed by atoms with Crippen LogP contribution in [0.2, 0.25) is 0 Å². The summed E-state index contributed by atoms with van der Waals surface area (Å²) in [5, 5.41) is 5.84. The van der Waals surface area contributed by atoms with Gasteiger partial charge >= 0.3 is 0 Å². The molecule has 0 spiro atoms. The van der Waals surface area contributed by atoms with E-state index in [1.807, 2.05) is 42.5 Å². The summed E-state index contributed by atoms with van der Waals surface area (Å²) in [6.07, 6.45) is 5.87. The standard InChI is InChI=1S/C26H33N3O3/c30-24(28-20-26(13-5-2-6-14-26)29-15-17-32-18-16-29)19-27-25(31)23-11-9-22(10-12-23)21-7-3-1-4-8-21/h1,3-4,7-12H,2,5-6,13-20H2,(H,27,31)(H,28,30). The molecule has 6 heteroatoms. The van der Waals surface area contributed by atoms with Crippen LogP contribution in [-0.4, -0.2) is 61.6 Å². The van der Waals surface area contributed by atoms with E-state index in [2.05, 4.69) is 15.5 Å². The van der Waals surface area contributed by atoms with Crippen molar-refractivity contribution < 1.29 is 14.3 Å². The minimum absolute atomic E-state index is 0.0154. The topological polar surface area (TPSA) is 70.7 Å². The van der Waals surface area contributed by atoms with Crippen LogP contribution in [0.1, 0.15) is 42.5 Å². The lowest BCUT2D eigenvalue weighted by atomic mass is 9.79. The molecule has 0 radical (unpaired) electrons. The molecular weight excluding hydrogens is 402 g/mol. The fourth-order valence-electron chi connectivity index (χ4n) is 4.89. The SMILES string of the molecule is O=C(CNC(=O)c1ccc(-c2ccccc2)cc1)NCC1(N2CCOCC2)CCCCC1. The number of nitrogens with zero attached hydrogens (tertiary/aromatic N) is 1. The van der Waals surface area contributed by atoms with Crippen LogP contribution in [0.25, 0.3) is 11.1 Å². The first-order valence-corrected chi connectivity index (χ1v) is 11.7. The molecule has 32 heavy (non-hydrogen) atoms. The molecule has 2 aliphatic rings. The molecule has 1 aliphatic heterocycles. The van der Waals surface area contributed by atoms with E-state index in [-0.39, 0.29) is 23.9 Å². The first kappa shape index (κ1) is 22.5. The molecule has 0 unspecified atom stereocenters. The van der Waals surface area contributed by atoms with Gasteiger partial charge in [-0.2, -0.15) is 0 Å². The molecule has 2 N–H and O–H groups in total. The smallest absolute Gasteiger partial charge is 0.251 e. The van der Waals surface area contributed by atoms with Crippen molar-refractivity contribution in [3.05, 3.63) is 60.2 Å². The molecule has 1 saturated carbocycles. The van der Waals surface area contributed by atoms with Gasteiger partial charge in [-0.3, -0.25) is 14.5 Å². The number of ether oxygens (including phenoxy) is 1. The molecule has 170 valence electrons. The van der Waals surface area contributed by atoms with Crippen molar-refractivity contribution in [3.63, 3.8) is 0 Å². The van der Waals surface area contributed by atoms with Gasteiger partial charge in [-0.15, -0.1) is 0 Å². The van der Waals surface area contributed by atoms with Gasteiger partial charge in [0.1, 0.15) is 0 Å². The Morgan fingerprint density at radius 3 is 2.19 bits per heavy atom. The molecule has 1 heterocycles. The van der Waals surface area contributed by atoms with Gasteiger partial charge < -0.3 is 15.4 Å². The fourth-order valence-corrected chi connectivity index (χ4v) is 4.89. The molecule has 0 atom stereocenters. The number of amides is 2. The Kier molecular flexibility index (Phi) is 7.55. The van der Waals surface area contributed by atoms with E-state index in [4.69, 9.17) is 4.74 Å². The molecule has 1 aliphatic carbocycles. The lowest BCUT2D eigenvalue weighted by Crippen LogP contribution is -2.60. The van der Waals surface area contributed by atoms with Crippen LogP contribution in [0.4, 0.5) is 0 Å². The van der Waals surface area contributed by atoms with Crippen LogP contribution in [0.5, 0.6) is 0 Å². The van der Waals surface area contributed by atoms with Gasteiger partial charge in [-0.05, 0) is 36.1 Å². The highest BCUT2D eigenvalue weighted by molar-refractivity contribution is 5.96. The first-order chi connectivity index (χ1) is 15.7. The Morgan fingerprint density at radius 1 is 0.844 bits per heavy atom. The van der Waals surface area contributed by atoms with E-state index in [0.717, 1.165) is 50.3 Å². The normalized spacial score (nSPS) is 18.6. The van der Waals surface area contributed by atoms with Gasteiger partial charge in [0.15, 0.2) is 0 Å². The molecular formula is C26H33N3O3. The highest BCUT2D eigenvalue weighted by Crippen LogP contribution is 2.33. The Bertz CT molecular complexity index is 886. The minimum atomic E-state index is -0.236. The predicted molar refractivity (Wildman–Crippen MR) is 125 cm³/mol. The van der Waals surface area contributed by atoms with E-state index in [1.165, 1.54) is 19.3 Å². The second kappa shape index (κ2) is 10.7. The zero-order valence-corrected chi connectivity index (χ0v) is 18.6. The van der Waals surface area contributed by atoms with Crippen LogP contribution in [-0.2, 0) is 9.53 Å². The van der Waals surface area contributed by atoms with E-state index in [1.54, 1.807) is 12.1 Å². The van der Waals surface area contributed by atoms with E-state index in [0.29, 0.717) is 12.1 Å². The first-order valence-electron chi connectivity index (χ1n) is 11.7. The molecule has 0 aromatic heterocycles. The summed E-state index contributed by atoms with van der Waals surface area (Å²) < 4.78 is 5.52. The van der Waals surface area contributed by atoms with Crippen LogP contribution in [0.3, 0.4) is 0 Å². The van der Waals surface area contributed by atoms with Gasteiger partial charge in [-0.1, -0.05) is 61.7 Å². The second-order valence-corrected chi connectivity index (χ2v) is 8.79. The van der Waals surface area contributed by atoms with E-state index in [9.17, 15) is 9.59 Å². The van der Waals surface area contributed by atoms with Gasteiger partial charge in [0.05, 0.1) is 19.8 Å². The zero-order chi connectivity index (χ0) is 22.2. The number of benzene rings is 2. The van der Waals surface area contributed by atoms with Crippen molar-refractivity contribution in [2.24, 2.45) is 0 Å². The molecule has 0 bridgehead atoms. The number of carbonyl (C=O) groups excluding carboxylic acids is 2. The van der Waals surface area contributed by atoms with Crippen LogP contribution in [0.15, 0.2) is 54.6 Å². The summed E-state index contributed by atoms with van der Waals surface area (Å²) in [6, 6.07) is 17.5. The highest BCUT2D eigenvalue weighted by Gasteiger charge is 2.38. The lowest BCUT2D eigenvalue weighted by molar-refractivity contribution is -0.121. The highest BCUT2D eigenvalue weighted by atomic mass is 16.5. The summed E-state index contributed by atoms with van der Waals surface area (Å²) >= 11 is 0. The lowest BCUT2D eigenvalue weighted by Gasteiger charge is -2.48. The molecule has 4 rings (SSSR count). The van der Waals surface area contributed by atoms with E-state index >= 15 is 0 Å².